The van der Waals surface area contributed by atoms with Crippen LogP contribution in [0.4, 0.5) is 13.6 Å². The van der Waals surface area contributed by atoms with Crippen molar-refractivity contribution in [2.75, 3.05) is 13.2 Å². The third kappa shape index (κ3) is 2.99. The molecule has 1 aliphatic carbocycles. The highest BCUT2D eigenvalue weighted by Crippen LogP contribution is 2.43. The molecule has 4 rings (SSSR count). The molecule has 132 valence electrons. The number of hydrogen-bond donors (Lipinski definition) is 2. The molecule has 8 nitrogen and oxygen atoms in total. The highest BCUT2D eigenvalue weighted by atomic mass is 19.3. The predicted octanol–water partition coefficient (Wildman–Crippen LogP) is 1.08. The molecule has 1 saturated heterocycles. The number of rotatable bonds is 5. The van der Waals surface area contributed by atoms with Crippen molar-refractivity contribution in [3.8, 4) is 5.75 Å². The van der Waals surface area contributed by atoms with Crippen LogP contribution in [-0.2, 0) is 4.79 Å². The molecule has 2 fully saturated rings. The number of nitrogens with one attached hydrogen (secondary N) is 2. The molecule has 1 saturated carbocycles. The molecular formula is C15H15F2N5O3. The number of imidazole rings is 1. The summed E-state index contributed by atoms with van der Waals surface area (Å²) in [6.45, 7) is -0.688. The van der Waals surface area contributed by atoms with Gasteiger partial charge in [-0.3, -0.25) is 10.1 Å². The van der Waals surface area contributed by atoms with Crippen molar-refractivity contribution in [3.05, 3.63) is 24.2 Å². The van der Waals surface area contributed by atoms with Crippen LogP contribution < -0.4 is 15.4 Å². The quantitative estimate of drug-likeness (QED) is 0.840. The van der Waals surface area contributed by atoms with E-state index >= 15 is 0 Å². The average Bonchev–Trinajstić information content (AvgIpc) is 3.32. The second-order valence-corrected chi connectivity index (χ2v) is 6.20. The molecule has 2 aromatic heterocycles. The van der Waals surface area contributed by atoms with E-state index in [0.29, 0.717) is 18.5 Å². The maximum absolute atomic E-state index is 13.9. The fourth-order valence-corrected chi connectivity index (χ4v) is 2.75. The molecule has 2 aliphatic rings. The first-order chi connectivity index (χ1) is 11.9. The van der Waals surface area contributed by atoms with Crippen LogP contribution in [0.15, 0.2) is 18.5 Å². The molecule has 10 heteroatoms. The minimum Gasteiger partial charge on any atom is -0.483 e. The predicted molar refractivity (Wildman–Crippen MR) is 80.4 cm³/mol. The summed E-state index contributed by atoms with van der Waals surface area (Å²) in [5.74, 6) is -4.66. The third-order valence-corrected chi connectivity index (χ3v) is 4.32. The maximum atomic E-state index is 13.9. The number of halogens is 2. The van der Waals surface area contributed by atoms with Gasteiger partial charge in [0.05, 0.1) is 11.6 Å². The van der Waals surface area contributed by atoms with Gasteiger partial charge in [-0.2, -0.15) is 5.10 Å². The Morgan fingerprint density at radius 3 is 2.88 bits per heavy atom. The Bertz CT molecular complexity index is 849. The second kappa shape index (κ2) is 5.64. The average molecular weight is 351 g/mol. The number of urea groups is 1. The second-order valence-electron chi connectivity index (χ2n) is 6.20. The van der Waals surface area contributed by atoms with Gasteiger partial charge in [-0.25, -0.2) is 23.1 Å². The lowest BCUT2D eigenvalue weighted by atomic mass is 10.0. The summed E-state index contributed by atoms with van der Waals surface area (Å²) in [5.41, 5.74) is 0.586. The van der Waals surface area contributed by atoms with E-state index in [4.69, 9.17) is 4.74 Å². The summed E-state index contributed by atoms with van der Waals surface area (Å²) in [4.78, 5) is 27.2. The molecule has 1 unspecified atom stereocenters. The van der Waals surface area contributed by atoms with Crippen molar-refractivity contribution in [1.82, 2.24) is 25.2 Å². The van der Waals surface area contributed by atoms with Crippen LogP contribution in [0.1, 0.15) is 24.5 Å². The van der Waals surface area contributed by atoms with Gasteiger partial charge in [0.25, 0.3) is 5.92 Å². The zero-order chi connectivity index (χ0) is 17.6. The van der Waals surface area contributed by atoms with E-state index in [1.807, 2.05) is 0 Å². The zero-order valence-electron chi connectivity index (χ0n) is 13.0. The molecule has 2 aromatic rings. The maximum Gasteiger partial charge on any atom is 0.321 e. The Balaban J connectivity index is 1.63. The highest BCUT2D eigenvalue weighted by molar-refractivity contribution is 6.00. The van der Waals surface area contributed by atoms with Gasteiger partial charge in [-0.05, 0) is 12.8 Å². The Hall–Kier alpha value is -2.78. The van der Waals surface area contributed by atoms with Gasteiger partial charge in [0.2, 0.25) is 5.91 Å². The van der Waals surface area contributed by atoms with Crippen molar-refractivity contribution in [2.45, 2.75) is 24.7 Å². The molecular weight excluding hydrogens is 336 g/mol. The molecule has 2 N–H and O–H groups in total. The fourth-order valence-electron chi connectivity index (χ4n) is 2.75. The number of ether oxygens (including phenoxy) is 1. The summed E-state index contributed by atoms with van der Waals surface area (Å²) < 4.78 is 34.5. The van der Waals surface area contributed by atoms with Crippen molar-refractivity contribution in [3.63, 3.8) is 0 Å². The highest BCUT2D eigenvalue weighted by Gasteiger charge is 2.47. The van der Waals surface area contributed by atoms with Gasteiger partial charge in [0.15, 0.2) is 18.0 Å². The van der Waals surface area contributed by atoms with Crippen LogP contribution in [-0.4, -0.2) is 45.6 Å². The minimum atomic E-state index is -2.90. The smallest absolute Gasteiger partial charge is 0.321 e. The molecule has 1 atom stereocenters. The van der Waals surface area contributed by atoms with E-state index < -0.39 is 36.3 Å². The van der Waals surface area contributed by atoms with Gasteiger partial charge in [-0.1, -0.05) is 0 Å². The van der Waals surface area contributed by atoms with Gasteiger partial charge in [0.1, 0.15) is 0 Å². The van der Waals surface area contributed by atoms with Gasteiger partial charge in [-0.15, -0.1) is 0 Å². The molecule has 0 radical (unpaired) electrons. The first-order valence-electron chi connectivity index (χ1n) is 7.87. The van der Waals surface area contributed by atoms with E-state index in [-0.39, 0.29) is 17.9 Å². The Kier molecular flexibility index (Phi) is 3.55. The lowest BCUT2D eigenvalue weighted by Crippen LogP contribution is -2.51. The van der Waals surface area contributed by atoms with Gasteiger partial charge >= 0.3 is 6.03 Å². The molecule has 3 heterocycles. The fraction of sp³-hybridized carbons (Fsp3) is 0.467. The lowest BCUT2D eigenvalue weighted by molar-refractivity contribution is -0.122. The van der Waals surface area contributed by atoms with Gasteiger partial charge in [0, 0.05) is 30.9 Å². The van der Waals surface area contributed by atoms with Crippen LogP contribution in [0.5, 0.6) is 5.75 Å². The number of imide groups is 1. The number of nitrogens with zero attached hydrogens (tertiary/aromatic N) is 3. The standard InChI is InChI=1S/C15H15F2N5O3/c16-15(17,8-1-2-8)7-25-11-5-10(21-22-4-3-18-12(11)22)9-6-19-14(24)20-13(9)23/h3-5,8-9H,1-2,6-7H2,(H2,19,20,23,24). The first kappa shape index (κ1) is 15.7. The number of alkyl halides is 2. The Labute approximate surface area is 140 Å². The van der Waals surface area contributed by atoms with E-state index in [1.165, 1.54) is 23.0 Å². The molecule has 3 amide bonds. The van der Waals surface area contributed by atoms with E-state index in [9.17, 15) is 18.4 Å². The number of carbonyl (C=O) groups excluding carboxylic acids is 2. The van der Waals surface area contributed by atoms with Crippen molar-refractivity contribution in [1.29, 1.82) is 0 Å². The summed E-state index contributed by atoms with van der Waals surface area (Å²) in [7, 11) is 0. The van der Waals surface area contributed by atoms with Crippen LogP contribution in [0.3, 0.4) is 0 Å². The number of fused-ring (bicyclic) bond motifs is 1. The SMILES string of the molecule is O=C1NCC(c2cc(OCC(F)(F)C3CC3)c3nccn3n2)C(=O)N1. The summed E-state index contributed by atoms with van der Waals surface area (Å²) in [6.07, 6.45) is 3.99. The van der Waals surface area contributed by atoms with Crippen molar-refractivity contribution < 1.29 is 23.1 Å². The topological polar surface area (TPSA) is 97.6 Å². The number of amides is 3. The number of aromatic nitrogens is 3. The largest absolute Gasteiger partial charge is 0.483 e. The summed E-state index contributed by atoms with van der Waals surface area (Å²) in [5, 5.41) is 8.92. The van der Waals surface area contributed by atoms with Crippen molar-refractivity contribution in [2.24, 2.45) is 5.92 Å². The molecule has 0 aromatic carbocycles. The summed E-state index contributed by atoms with van der Waals surface area (Å²) >= 11 is 0. The Morgan fingerprint density at radius 2 is 2.16 bits per heavy atom. The number of carbonyl (C=O) groups is 2. The van der Waals surface area contributed by atoms with E-state index in [0.717, 1.165) is 0 Å². The molecule has 0 spiro atoms. The van der Waals surface area contributed by atoms with Crippen LogP contribution >= 0.6 is 0 Å². The molecule has 1 aliphatic heterocycles. The van der Waals surface area contributed by atoms with Crippen LogP contribution in [0.2, 0.25) is 0 Å². The van der Waals surface area contributed by atoms with Crippen LogP contribution in [0, 0.1) is 5.92 Å². The monoisotopic (exact) mass is 351 g/mol. The normalized spacial score (nSPS) is 21.1. The summed E-state index contributed by atoms with van der Waals surface area (Å²) in [6, 6.07) is 0.845. The van der Waals surface area contributed by atoms with Crippen molar-refractivity contribution >= 4 is 17.6 Å². The number of hydrogen-bond acceptors (Lipinski definition) is 5. The zero-order valence-corrected chi connectivity index (χ0v) is 13.0. The molecule has 25 heavy (non-hydrogen) atoms. The van der Waals surface area contributed by atoms with Crippen LogP contribution in [0.25, 0.3) is 5.65 Å². The first-order valence-corrected chi connectivity index (χ1v) is 7.87. The van der Waals surface area contributed by atoms with E-state index in [2.05, 4.69) is 20.7 Å². The van der Waals surface area contributed by atoms with Gasteiger partial charge < -0.3 is 10.1 Å². The lowest BCUT2D eigenvalue weighted by Gasteiger charge is -2.22. The third-order valence-electron chi connectivity index (χ3n) is 4.32. The Morgan fingerprint density at radius 1 is 1.36 bits per heavy atom. The van der Waals surface area contributed by atoms with E-state index in [1.54, 1.807) is 0 Å². The minimum absolute atomic E-state index is 0.0650. The molecule has 0 bridgehead atoms.